The quantitative estimate of drug-likeness (QED) is 0.830. The molecule has 1 aromatic carbocycles. The minimum Gasteiger partial charge on any atom is -0.389 e. The van der Waals surface area contributed by atoms with Gasteiger partial charge in [0, 0.05) is 21.8 Å². The summed E-state index contributed by atoms with van der Waals surface area (Å²) in [4.78, 5) is 0.404. The molecule has 0 heterocycles. The van der Waals surface area contributed by atoms with Gasteiger partial charge < -0.3 is 11.1 Å². The van der Waals surface area contributed by atoms with Crippen LogP contribution in [0.1, 0.15) is 33.3 Å². The van der Waals surface area contributed by atoms with Crippen molar-refractivity contribution in [2.45, 2.75) is 33.7 Å². The highest BCUT2D eigenvalue weighted by Crippen LogP contribution is 2.28. The van der Waals surface area contributed by atoms with Crippen LogP contribution in [0.4, 0.5) is 5.69 Å². The van der Waals surface area contributed by atoms with Crippen molar-refractivity contribution in [1.82, 2.24) is 0 Å². The zero-order chi connectivity index (χ0) is 13.2. The van der Waals surface area contributed by atoms with E-state index in [1.807, 2.05) is 18.2 Å². The molecule has 1 rings (SSSR count). The molecule has 0 saturated heterocycles. The van der Waals surface area contributed by atoms with Gasteiger partial charge in [-0.2, -0.15) is 0 Å². The van der Waals surface area contributed by atoms with E-state index in [9.17, 15) is 0 Å². The highest BCUT2D eigenvalue weighted by atomic mass is 79.9. The number of halogens is 1. The summed E-state index contributed by atoms with van der Waals surface area (Å²) in [6, 6.07) is 6.25. The van der Waals surface area contributed by atoms with Gasteiger partial charge in [-0.3, -0.25) is 0 Å². The molecular weight excluding hydrogens is 296 g/mol. The van der Waals surface area contributed by atoms with E-state index in [1.54, 1.807) is 0 Å². The molecule has 0 radical (unpaired) electrons. The molecule has 1 atom stereocenters. The molecule has 0 bridgehead atoms. The Balaban J connectivity index is 3.07. The van der Waals surface area contributed by atoms with Gasteiger partial charge in [0.2, 0.25) is 0 Å². The number of nitrogens with two attached hydrogens (primary N) is 1. The second-order valence-electron chi connectivity index (χ2n) is 5.26. The number of thiocarbonyl (C=S) groups is 1. The van der Waals surface area contributed by atoms with Gasteiger partial charge in [-0.25, -0.2) is 0 Å². The van der Waals surface area contributed by atoms with Crippen molar-refractivity contribution in [1.29, 1.82) is 0 Å². The van der Waals surface area contributed by atoms with Crippen LogP contribution in [0.3, 0.4) is 0 Å². The van der Waals surface area contributed by atoms with Crippen molar-refractivity contribution in [2.75, 3.05) is 5.32 Å². The van der Waals surface area contributed by atoms with Gasteiger partial charge in [0.1, 0.15) is 4.99 Å². The van der Waals surface area contributed by atoms with E-state index in [-0.39, 0.29) is 5.41 Å². The molecule has 0 aliphatic rings. The largest absolute Gasteiger partial charge is 0.389 e. The zero-order valence-corrected chi connectivity index (χ0v) is 13.1. The van der Waals surface area contributed by atoms with Crippen LogP contribution in [0.25, 0.3) is 0 Å². The number of hydrogen-bond donors (Lipinski definition) is 2. The minimum absolute atomic E-state index is 0.176. The van der Waals surface area contributed by atoms with Gasteiger partial charge in [-0.15, -0.1) is 0 Å². The lowest BCUT2D eigenvalue weighted by Gasteiger charge is -2.30. The van der Waals surface area contributed by atoms with Crippen LogP contribution < -0.4 is 11.1 Å². The molecule has 1 aromatic rings. The van der Waals surface area contributed by atoms with Crippen molar-refractivity contribution in [3.8, 4) is 0 Å². The van der Waals surface area contributed by atoms with E-state index in [1.165, 1.54) is 0 Å². The number of anilines is 1. The van der Waals surface area contributed by atoms with Crippen molar-refractivity contribution in [3.63, 3.8) is 0 Å². The first-order valence-corrected chi connectivity index (χ1v) is 6.78. The number of nitrogens with one attached hydrogen (secondary N) is 1. The molecule has 0 amide bonds. The standard InChI is InChI=1S/C13H19BrN2S/c1-8(13(2,3)4)16-10-7-5-6-9(14)11(10)12(15)17/h5-8,16H,1-4H3,(H2,15,17). The third-order valence-electron chi connectivity index (χ3n) is 2.93. The summed E-state index contributed by atoms with van der Waals surface area (Å²) in [5.41, 5.74) is 7.79. The van der Waals surface area contributed by atoms with Gasteiger partial charge in [0.15, 0.2) is 0 Å². The Hall–Kier alpha value is -0.610. The van der Waals surface area contributed by atoms with Gasteiger partial charge in [-0.1, -0.05) is 39.1 Å². The van der Waals surface area contributed by atoms with E-state index >= 15 is 0 Å². The smallest absolute Gasteiger partial charge is 0.107 e. The van der Waals surface area contributed by atoms with Crippen LogP contribution in [0.5, 0.6) is 0 Å². The Labute approximate surface area is 117 Å². The van der Waals surface area contributed by atoms with Crippen LogP contribution in [0, 0.1) is 5.41 Å². The fourth-order valence-electron chi connectivity index (χ4n) is 1.34. The first-order chi connectivity index (χ1) is 7.73. The van der Waals surface area contributed by atoms with Crippen LogP contribution in [0.15, 0.2) is 22.7 Å². The molecule has 0 fully saturated rings. The van der Waals surface area contributed by atoms with E-state index < -0.39 is 0 Å². The first-order valence-electron chi connectivity index (χ1n) is 5.58. The van der Waals surface area contributed by atoms with Crippen molar-refractivity contribution < 1.29 is 0 Å². The summed E-state index contributed by atoms with van der Waals surface area (Å²) in [6.07, 6.45) is 0. The molecule has 17 heavy (non-hydrogen) atoms. The number of rotatable bonds is 3. The van der Waals surface area contributed by atoms with E-state index in [4.69, 9.17) is 18.0 Å². The molecule has 1 unspecified atom stereocenters. The summed E-state index contributed by atoms with van der Waals surface area (Å²) in [5, 5.41) is 3.48. The summed E-state index contributed by atoms with van der Waals surface area (Å²) in [5.74, 6) is 0. The van der Waals surface area contributed by atoms with Crippen LogP contribution in [-0.2, 0) is 0 Å². The van der Waals surface area contributed by atoms with E-state index in [2.05, 4.69) is 48.9 Å². The summed E-state index contributed by atoms with van der Waals surface area (Å²) in [7, 11) is 0. The lowest BCUT2D eigenvalue weighted by Crippen LogP contribution is -2.31. The van der Waals surface area contributed by atoms with Crippen LogP contribution >= 0.6 is 28.1 Å². The molecule has 3 N–H and O–H groups in total. The molecule has 0 spiro atoms. The van der Waals surface area contributed by atoms with Gasteiger partial charge in [0.05, 0.1) is 0 Å². The maximum absolute atomic E-state index is 5.76. The molecule has 2 nitrogen and oxygen atoms in total. The first kappa shape index (κ1) is 14.5. The average molecular weight is 315 g/mol. The van der Waals surface area contributed by atoms with Crippen molar-refractivity contribution >= 4 is 38.8 Å². The lowest BCUT2D eigenvalue weighted by atomic mass is 9.88. The predicted molar refractivity (Wildman–Crippen MR) is 82.6 cm³/mol. The highest BCUT2D eigenvalue weighted by molar-refractivity contribution is 9.10. The Morgan fingerprint density at radius 2 is 2.00 bits per heavy atom. The van der Waals surface area contributed by atoms with Gasteiger partial charge in [0.25, 0.3) is 0 Å². The molecule has 0 saturated carbocycles. The Morgan fingerprint density at radius 3 is 2.47 bits per heavy atom. The molecule has 0 aliphatic carbocycles. The summed E-state index contributed by atoms with van der Waals surface area (Å²) < 4.78 is 0.927. The summed E-state index contributed by atoms with van der Waals surface area (Å²) in [6.45, 7) is 8.75. The highest BCUT2D eigenvalue weighted by Gasteiger charge is 2.21. The average Bonchev–Trinajstić information content (AvgIpc) is 2.15. The van der Waals surface area contributed by atoms with Crippen LogP contribution in [0.2, 0.25) is 0 Å². The van der Waals surface area contributed by atoms with Gasteiger partial charge >= 0.3 is 0 Å². The molecule has 4 heteroatoms. The lowest BCUT2D eigenvalue weighted by molar-refractivity contribution is 0.359. The minimum atomic E-state index is 0.176. The fraction of sp³-hybridized carbons (Fsp3) is 0.462. The normalized spacial score (nSPS) is 13.2. The van der Waals surface area contributed by atoms with Crippen LogP contribution in [-0.4, -0.2) is 11.0 Å². The van der Waals surface area contributed by atoms with E-state index in [0.29, 0.717) is 11.0 Å². The Bertz CT molecular complexity index is 424. The topological polar surface area (TPSA) is 38.0 Å². The van der Waals surface area contributed by atoms with Crippen molar-refractivity contribution in [2.24, 2.45) is 11.1 Å². The zero-order valence-electron chi connectivity index (χ0n) is 10.7. The Morgan fingerprint density at radius 1 is 1.41 bits per heavy atom. The maximum Gasteiger partial charge on any atom is 0.107 e. The second kappa shape index (κ2) is 5.36. The molecule has 94 valence electrons. The Kier molecular flexibility index (Phi) is 4.55. The van der Waals surface area contributed by atoms with E-state index in [0.717, 1.165) is 15.7 Å². The SMILES string of the molecule is CC(Nc1cccc(Br)c1C(N)=S)C(C)(C)C. The monoisotopic (exact) mass is 314 g/mol. The predicted octanol–water partition coefficient (Wildman–Crippen LogP) is 3.93. The number of hydrogen-bond acceptors (Lipinski definition) is 2. The second-order valence-corrected chi connectivity index (χ2v) is 6.55. The molecular formula is C13H19BrN2S. The third-order valence-corrected chi connectivity index (χ3v) is 3.80. The maximum atomic E-state index is 5.76. The molecule has 0 aliphatic heterocycles. The van der Waals surface area contributed by atoms with Gasteiger partial charge in [-0.05, 0) is 40.4 Å². The molecule has 0 aromatic heterocycles. The fourth-order valence-corrected chi connectivity index (χ4v) is 2.28. The van der Waals surface area contributed by atoms with Crippen molar-refractivity contribution in [3.05, 3.63) is 28.2 Å². The number of benzene rings is 1. The summed E-state index contributed by atoms with van der Waals surface area (Å²) >= 11 is 8.57. The third kappa shape index (κ3) is 3.68.